The second-order valence-electron chi connectivity index (χ2n) is 4.35. The molecule has 96 valence electrons. The summed E-state index contributed by atoms with van der Waals surface area (Å²) in [6.07, 6.45) is 1.93. The van der Waals surface area contributed by atoms with Crippen molar-refractivity contribution in [1.29, 1.82) is 0 Å². The molecular weight excluding hydrogens is 226 g/mol. The van der Waals surface area contributed by atoms with Crippen LogP contribution in [0.1, 0.15) is 19.4 Å². The first-order valence-corrected chi connectivity index (χ1v) is 6.28. The molecule has 0 saturated heterocycles. The fraction of sp³-hybridized carbons (Fsp3) is 0.357. The summed E-state index contributed by atoms with van der Waals surface area (Å²) in [5.41, 5.74) is 2.32. The van der Waals surface area contributed by atoms with Gasteiger partial charge in [0.15, 0.2) is 0 Å². The summed E-state index contributed by atoms with van der Waals surface area (Å²) < 4.78 is 0. The second-order valence-corrected chi connectivity index (χ2v) is 4.35. The van der Waals surface area contributed by atoms with Gasteiger partial charge >= 0.3 is 0 Å². The van der Waals surface area contributed by atoms with Crippen LogP contribution < -0.4 is 10.6 Å². The van der Waals surface area contributed by atoms with Crippen molar-refractivity contribution in [1.82, 2.24) is 15.6 Å². The predicted octanol–water partition coefficient (Wildman–Crippen LogP) is 1.78. The van der Waals surface area contributed by atoms with Gasteiger partial charge < -0.3 is 15.6 Å². The summed E-state index contributed by atoms with van der Waals surface area (Å²) in [4.78, 5) is 14.8. The standard InChI is InChI=1S/C14H19N3O/c1-3-15-14(18)10(2)17-9-11-5-4-6-13-12(11)7-8-16-13/h4-8,10,16-17H,3,9H2,1-2H3,(H,15,18). The van der Waals surface area contributed by atoms with Crippen molar-refractivity contribution in [2.75, 3.05) is 6.54 Å². The van der Waals surface area contributed by atoms with Crippen molar-refractivity contribution >= 4 is 16.8 Å². The quantitative estimate of drug-likeness (QED) is 0.752. The highest BCUT2D eigenvalue weighted by Crippen LogP contribution is 2.17. The monoisotopic (exact) mass is 245 g/mol. The number of aromatic nitrogens is 1. The van der Waals surface area contributed by atoms with Gasteiger partial charge in [-0.05, 0) is 31.5 Å². The number of hydrogen-bond acceptors (Lipinski definition) is 2. The van der Waals surface area contributed by atoms with Crippen molar-refractivity contribution in [2.24, 2.45) is 0 Å². The number of nitrogens with one attached hydrogen (secondary N) is 3. The van der Waals surface area contributed by atoms with E-state index in [4.69, 9.17) is 0 Å². The number of carbonyl (C=O) groups excluding carboxylic acids is 1. The number of fused-ring (bicyclic) bond motifs is 1. The molecule has 0 aliphatic heterocycles. The molecule has 0 aliphatic carbocycles. The topological polar surface area (TPSA) is 56.9 Å². The molecule has 2 aromatic rings. The van der Waals surface area contributed by atoms with Crippen molar-refractivity contribution < 1.29 is 4.79 Å². The Hall–Kier alpha value is -1.81. The largest absolute Gasteiger partial charge is 0.361 e. The minimum atomic E-state index is -0.181. The average molecular weight is 245 g/mol. The molecule has 1 unspecified atom stereocenters. The molecular formula is C14H19N3O. The number of likely N-dealkylation sites (N-methyl/N-ethyl adjacent to an activating group) is 1. The SMILES string of the molecule is CCNC(=O)C(C)NCc1cccc2[nH]ccc12. The van der Waals surface area contributed by atoms with Crippen molar-refractivity contribution in [3.05, 3.63) is 36.0 Å². The van der Waals surface area contributed by atoms with E-state index >= 15 is 0 Å². The van der Waals surface area contributed by atoms with E-state index in [1.54, 1.807) is 0 Å². The highest BCUT2D eigenvalue weighted by Gasteiger charge is 2.11. The second kappa shape index (κ2) is 5.69. The first-order valence-electron chi connectivity index (χ1n) is 6.28. The van der Waals surface area contributed by atoms with Crippen LogP contribution in [0.5, 0.6) is 0 Å². The number of benzene rings is 1. The van der Waals surface area contributed by atoms with Gasteiger partial charge in [0.1, 0.15) is 0 Å². The van der Waals surface area contributed by atoms with Gasteiger partial charge in [0, 0.05) is 30.2 Å². The highest BCUT2D eigenvalue weighted by molar-refractivity contribution is 5.83. The van der Waals surface area contributed by atoms with Crippen LogP contribution in [0.15, 0.2) is 30.5 Å². The summed E-state index contributed by atoms with van der Waals surface area (Å²) in [5.74, 6) is 0.0405. The number of amides is 1. The Balaban J connectivity index is 2.02. The first-order chi connectivity index (χ1) is 8.72. The molecule has 1 heterocycles. The van der Waals surface area contributed by atoms with Crippen LogP contribution >= 0.6 is 0 Å². The fourth-order valence-electron chi connectivity index (χ4n) is 1.99. The van der Waals surface area contributed by atoms with Gasteiger partial charge in [-0.2, -0.15) is 0 Å². The fourth-order valence-corrected chi connectivity index (χ4v) is 1.99. The van der Waals surface area contributed by atoms with Crippen LogP contribution in [0.25, 0.3) is 10.9 Å². The highest BCUT2D eigenvalue weighted by atomic mass is 16.2. The van der Waals surface area contributed by atoms with Crippen LogP contribution in [0.2, 0.25) is 0 Å². The van der Waals surface area contributed by atoms with Crippen LogP contribution in [0, 0.1) is 0 Å². The van der Waals surface area contributed by atoms with Crippen LogP contribution in [-0.2, 0) is 11.3 Å². The Bertz CT molecular complexity index is 533. The third kappa shape index (κ3) is 2.71. The molecule has 0 fully saturated rings. The maximum absolute atomic E-state index is 11.6. The molecule has 1 amide bonds. The normalized spacial score (nSPS) is 12.6. The summed E-state index contributed by atoms with van der Waals surface area (Å²) in [7, 11) is 0. The van der Waals surface area contributed by atoms with E-state index in [0.717, 1.165) is 5.52 Å². The third-order valence-corrected chi connectivity index (χ3v) is 3.03. The van der Waals surface area contributed by atoms with E-state index in [-0.39, 0.29) is 11.9 Å². The van der Waals surface area contributed by atoms with Gasteiger partial charge in [0.25, 0.3) is 0 Å². The molecule has 4 nitrogen and oxygen atoms in total. The maximum atomic E-state index is 11.6. The van der Waals surface area contributed by atoms with Gasteiger partial charge in [-0.25, -0.2) is 0 Å². The van der Waals surface area contributed by atoms with Crippen LogP contribution in [0.3, 0.4) is 0 Å². The lowest BCUT2D eigenvalue weighted by atomic mass is 10.1. The van der Waals surface area contributed by atoms with E-state index in [1.807, 2.05) is 32.2 Å². The number of H-pyrrole nitrogens is 1. The zero-order valence-electron chi connectivity index (χ0n) is 10.8. The molecule has 0 spiro atoms. The average Bonchev–Trinajstić information content (AvgIpc) is 2.84. The van der Waals surface area contributed by atoms with Gasteiger partial charge in [0.05, 0.1) is 6.04 Å². The Kier molecular flexibility index (Phi) is 3.99. The number of rotatable bonds is 5. The van der Waals surface area contributed by atoms with E-state index < -0.39 is 0 Å². The molecule has 4 heteroatoms. The smallest absolute Gasteiger partial charge is 0.236 e. The molecule has 2 rings (SSSR count). The lowest BCUT2D eigenvalue weighted by Crippen LogP contribution is -2.41. The lowest BCUT2D eigenvalue weighted by molar-refractivity contribution is -0.122. The van der Waals surface area contributed by atoms with Crippen LogP contribution in [-0.4, -0.2) is 23.5 Å². The Labute approximate surface area is 107 Å². The molecule has 0 aliphatic rings. The first kappa shape index (κ1) is 12.6. The van der Waals surface area contributed by atoms with Gasteiger partial charge in [-0.15, -0.1) is 0 Å². The summed E-state index contributed by atoms with van der Waals surface area (Å²) in [6, 6.07) is 8.02. The molecule has 0 radical (unpaired) electrons. The zero-order valence-corrected chi connectivity index (χ0v) is 10.8. The number of hydrogen-bond donors (Lipinski definition) is 3. The molecule has 3 N–H and O–H groups in total. The summed E-state index contributed by atoms with van der Waals surface area (Å²) in [6.45, 7) is 5.15. The molecule has 1 atom stereocenters. The van der Waals surface area contributed by atoms with Crippen molar-refractivity contribution in [2.45, 2.75) is 26.4 Å². The van der Waals surface area contributed by atoms with Gasteiger partial charge in [0.2, 0.25) is 5.91 Å². The van der Waals surface area contributed by atoms with E-state index in [9.17, 15) is 4.79 Å². The van der Waals surface area contributed by atoms with Crippen molar-refractivity contribution in [3.8, 4) is 0 Å². The Morgan fingerprint density at radius 3 is 3.00 bits per heavy atom. The van der Waals surface area contributed by atoms with Crippen LogP contribution in [0.4, 0.5) is 0 Å². The number of aromatic amines is 1. The van der Waals surface area contributed by atoms with Gasteiger partial charge in [-0.3, -0.25) is 4.79 Å². The maximum Gasteiger partial charge on any atom is 0.236 e. The summed E-state index contributed by atoms with van der Waals surface area (Å²) in [5, 5.41) is 7.25. The van der Waals surface area contributed by atoms with E-state index in [0.29, 0.717) is 13.1 Å². The minimum absolute atomic E-state index is 0.0405. The molecule has 0 saturated carbocycles. The van der Waals surface area contributed by atoms with Crippen molar-refractivity contribution in [3.63, 3.8) is 0 Å². The molecule has 1 aromatic heterocycles. The molecule has 18 heavy (non-hydrogen) atoms. The van der Waals surface area contributed by atoms with E-state index in [1.165, 1.54) is 10.9 Å². The summed E-state index contributed by atoms with van der Waals surface area (Å²) >= 11 is 0. The van der Waals surface area contributed by atoms with Gasteiger partial charge in [-0.1, -0.05) is 12.1 Å². The number of carbonyl (C=O) groups is 1. The Morgan fingerprint density at radius 2 is 2.22 bits per heavy atom. The third-order valence-electron chi connectivity index (χ3n) is 3.03. The molecule has 1 aromatic carbocycles. The van der Waals surface area contributed by atoms with E-state index in [2.05, 4.69) is 27.8 Å². The predicted molar refractivity (Wildman–Crippen MR) is 73.3 cm³/mol. The minimum Gasteiger partial charge on any atom is -0.361 e. The Morgan fingerprint density at radius 1 is 1.39 bits per heavy atom. The molecule has 0 bridgehead atoms. The zero-order chi connectivity index (χ0) is 13.0. The lowest BCUT2D eigenvalue weighted by Gasteiger charge is -2.13.